The van der Waals surface area contributed by atoms with Crippen LogP contribution >= 0.6 is 11.6 Å². The SMILES string of the molecule is CCCNCc1c(Cl)cccc1N(C)C(C)C(C)C. The molecule has 0 aliphatic heterocycles. The normalized spacial score (nSPS) is 12.8. The van der Waals surface area contributed by atoms with Crippen LogP contribution in [0.4, 0.5) is 5.69 Å². The van der Waals surface area contributed by atoms with Crippen LogP contribution in [0.1, 0.15) is 39.7 Å². The predicted molar refractivity (Wildman–Crippen MR) is 86.2 cm³/mol. The van der Waals surface area contributed by atoms with E-state index in [4.69, 9.17) is 11.6 Å². The molecule has 1 atom stereocenters. The van der Waals surface area contributed by atoms with Crippen LogP contribution in [0.2, 0.25) is 5.02 Å². The highest BCUT2D eigenvalue weighted by Crippen LogP contribution is 2.29. The Morgan fingerprint density at radius 3 is 2.53 bits per heavy atom. The maximum Gasteiger partial charge on any atom is 0.0471 e. The molecule has 3 heteroatoms. The number of rotatable bonds is 7. The third kappa shape index (κ3) is 4.39. The van der Waals surface area contributed by atoms with Crippen molar-refractivity contribution >= 4 is 17.3 Å². The quantitative estimate of drug-likeness (QED) is 0.749. The standard InChI is InChI=1S/C16H27ClN2/c1-6-10-18-11-14-15(17)8-7-9-16(14)19(5)13(4)12(2)3/h7-9,12-13,18H,6,10-11H2,1-5H3. The molecule has 0 saturated heterocycles. The van der Waals surface area contributed by atoms with Crippen molar-refractivity contribution in [3.05, 3.63) is 28.8 Å². The largest absolute Gasteiger partial charge is 0.371 e. The van der Waals surface area contributed by atoms with E-state index in [2.05, 4.69) is 51.0 Å². The summed E-state index contributed by atoms with van der Waals surface area (Å²) in [5.74, 6) is 0.612. The molecule has 19 heavy (non-hydrogen) atoms. The van der Waals surface area contributed by atoms with Gasteiger partial charge in [0.25, 0.3) is 0 Å². The van der Waals surface area contributed by atoms with Crippen LogP contribution in [0, 0.1) is 5.92 Å². The zero-order valence-electron chi connectivity index (χ0n) is 12.8. The summed E-state index contributed by atoms with van der Waals surface area (Å²) in [6.07, 6.45) is 1.14. The van der Waals surface area contributed by atoms with E-state index in [-0.39, 0.29) is 0 Å². The Balaban J connectivity index is 2.95. The van der Waals surface area contributed by atoms with Crippen molar-refractivity contribution in [2.45, 2.75) is 46.7 Å². The fourth-order valence-electron chi connectivity index (χ4n) is 2.11. The molecule has 1 N–H and O–H groups in total. The van der Waals surface area contributed by atoms with Crippen molar-refractivity contribution < 1.29 is 0 Å². The summed E-state index contributed by atoms with van der Waals surface area (Å²) in [4.78, 5) is 2.33. The molecular formula is C16H27ClN2. The Bertz CT molecular complexity index is 390. The molecule has 0 saturated carbocycles. The van der Waals surface area contributed by atoms with Crippen LogP contribution in [-0.4, -0.2) is 19.6 Å². The van der Waals surface area contributed by atoms with E-state index < -0.39 is 0 Å². The Hall–Kier alpha value is -0.730. The van der Waals surface area contributed by atoms with Crippen molar-refractivity contribution in [2.75, 3.05) is 18.5 Å². The van der Waals surface area contributed by atoms with Gasteiger partial charge in [0.05, 0.1) is 0 Å². The number of hydrogen-bond donors (Lipinski definition) is 1. The maximum atomic E-state index is 6.37. The molecule has 0 radical (unpaired) electrons. The maximum absolute atomic E-state index is 6.37. The number of benzene rings is 1. The minimum absolute atomic E-state index is 0.489. The lowest BCUT2D eigenvalue weighted by Gasteiger charge is -2.32. The van der Waals surface area contributed by atoms with E-state index in [1.807, 2.05) is 12.1 Å². The van der Waals surface area contributed by atoms with Crippen molar-refractivity contribution in [3.63, 3.8) is 0 Å². The van der Waals surface area contributed by atoms with Gasteiger partial charge in [-0.25, -0.2) is 0 Å². The number of hydrogen-bond acceptors (Lipinski definition) is 2. The average Bonchev–Trinajstić information content (AvgIpc) is 2.39. The van der Waals surface area contributed by atoms with Crippen LogP contribution < -0.4 is 10.2 Å². The van der Waals surface area contributed by atoms with E-state index in [1.165, 1.54) is 11.3 Å². The van der Waals surface area contributed by atoms with Gasteiger partial charge in [0.1, 0.15) is 0 Å². The molecule has 1 unspecified atom stereocenters. The second kappa shape index (κ2) is 7.76. The molecule has 1 aromatic rings. The van der Waals surface area contributed by atoms with Crippen LogP contribution in [-0.2, 0) is 6.54 Å². The van der Waals surface area contributed by atoms with Crippen molar-refractivity contribution in [1.82, 2.24) is 5.32 Å². The van der Waals surface area contributed by atoms with Gasteiger partial charge in [-0.1, -0.05) is 38.4 Å². The molecule has 0 bridgehead atoms. The van der Waals surface area contributed by atoms with Gasteiger partial charge < -0.3 is 10.2 Å². The van der Waals surface area contributed by atoms with Crippen LogP contribution in [0.15, 0.2) is 18.2 Å². The van der Waals surface area contributed by atoms with Crippen LogP contribution in [0.25, 0.3) is 0 Å². The first kappa shape index (κ1) is 16.3. The molecular weight excluding hydrogens is 256 g/mol. The zero-order valence-corrected chi connectivity index (χ0v) is 13.6. The lowest BCUT2D eigenvalue weighted by molar-refractivity contribution is 0.504. The molecule has 2 nitrogen and oxygen atoms in total. The van der Waals surface area contributed by atoms with E-state index in [0.29, 0.717) is 12.0 Å². The highest BCUT2D eigenvalue weighted by molar-refractivity contribution is 6.31. The summed E-state index contributed by atoms with van der Waals surface area (Å²) in [5, 5.41) is 4.30. The van der Waals surface area contributed by atoms with Gasteiger partial charge >= 0.3 is 0 Å². The monoisotopic (exact) mass is 282 g/mol. The van der Waals surface area contributed by atoms with Gasteiger partial charge in [-0.2, -0.15) is 0 Å². The van der Waals surface area contributed by atoms with Crippen LogP contribution in [0.5, 0.6) is 0 Å². The topological polar surface area (TPSA) is 15.3 Å². The minimum Gasteiger partial charge on any atom is -0.371 e. The summed E-state index contributed by atoms with van der Waals surface area (Å²) < 4.78 is 0. The molecule has 0 aliphatic carbocycles. The minimum atomic E-state index is 0.489. The van der Waals surface area contributed by atoms with Crippen LogP contribution in [0.3, 0.4) is 0 Å². The fraction of sp³-hybridized carbons (Fsp3) is 0.625. The Labute approximate surface area is 123 Å². The molecule has 0 aromatic heterocycles. The van der Waals surface area contributed by atoms with E-state index in [0.717, 1.165) is 24.5 Å². The predicted octanol–water partition coefficient (Wildman–Crippen LogP) is 4.32. The lowest BCUT2D eigenvalue weighted by Crippen LogP contribution is -2.34. The smallest absolute Gasteiger partial charge is 0.0471 e. The molecule has 0 fully saturated rings. The molecule has 0 amide bonds. The van der Waals surface area contributed by atoms with Gasteiger partial charge in [0, 0.05) is 35.9 Å². The van der Waals surface area contributed by atoms with E-state index in [1.54, 1.807) is 0 Å². The molecule has 0 spiro atoms. The number of anilines is 1. The summed E-state index contributed by atoms with van der Waals surface area (Å²) in [5.41, 5.74) is 2.44. The first-order chi connectivity index (χ1) is 8.99. The zero-order chi connectivity index (χ0) is 14.4. The average molecular weight is 283 g/mol. The Kier molecular flexibility index (Phi) is 6.67. The first-order valence-electron chi connectivity index (χ1n) is 7.20. The van der Waals surface area contributed by atoms with Gasteiger partial charge in [-0.3, -0.25) is 0 Å². The third-order valence-corrected chi connectivity index (χ3v) is 4.13. The number of nitrogens with zero attached hydrogens (tertiary/aromatic N) is 1. The molecule has 108 valence electrons. The summed E-state index contributed by atoms with van der Waals surface area (Å²) >= 11 is 6.37. The van der Waals surface area contributed by atoms with Gasteiger partial charge in [-0.15, -0.1) is 0 Å². The van der Waals surface area contributed by atoms with E-state index in [9.17, 15) is 0 Å². The van der Waals surface area contributed by atoms with Crippen molar-refractivity contribution in [2.24, 2.45) is 5.92 Å². The van der Waals surface area contributed by atoms with Crippen molar-refractivity contribution in [1.29, 1.82) is 0 Å². The Morgan fingerprint density at radius 1 is 1.26 bits per heavy atom. The fourth-order valence-corrected chi connectivity index (χ4v) is 2.35. The van der Waals surface area contributed by atoms with Gasteiger partial charge in [0.15, 0.2) is 0 Å². The number of nitrogens with one attached hydrogen (secondary N) is 1. The molecule has 1 aromatic carbocycles. The highest BCUT2D eigenvalue weighted by atomic mass is 35.5. The van der Waals surface area contributed by atoms with E-state index >= 15 is 0 Å². The second-order valence-electron chi connectivity index (χ2n) is 5.51. The number of halogens is 1. The summed E-state index contributed by atoms with van der Waals surface area (Å²) in [6.45, 7) is 10.8. The third-order valence-electron chi connectivity index (χ3n) is 3.78. The molecule has 1 rings (SSSR count). The molecule has 0 aliphatic rings. The Morgan fingerprint density at radius 2 is 1.95 bits per heavy atom. The summed E-state index contributed by atoms with van der Waals surface area (Å²) in [6, 6.07) is 6.66. The van der Waals surface area contributed by atoms with Gasteiger partial charge in [0.2, 0.25) is 0 Å². The van der Waals surface area contributed by atoms with Crippen molar-refractivity contribution in [3.8, 4) is 0 Å². The second-order valence-corrected chi connectivity index (χ2v) is 5.92. The lowest BCUT2D eigenvalue weighted by atomic mass is 10.0. The van der Waals surface area contributed by atoms with Gasteiger partial charge in [-0.05, 0) is 37.9 Å². The highest BCUT2D eigenvalue weighted by Gasteiger charge is 2.17. The molecule has 0 heterocycles. The summed E-state index contributed by atoms with van der Waals surface area (Å²) in [7, 11) is 2.15. The first-order valence-corrected chi connectivity index (χ1v) is 7.57.